The summed E-state index contributed by atoms with van der Waals surface area (Å²) in [4.78, 5) is 25.4. The van der Waals surface area contributed by atoms with E-state index < -0.39 is 5.97 Å². The van der Waals surface area contributed by atoms with Crippen molar-refractivity contribution in [3.8, 4) is 0 Å². The molecule has 1 aromatic rings. The molecule has 1 aromatic heterocycles. The van der Waals surface area contributed by atoms with Crippen LogP contribution in [0.5, 0.6) is 0 Å². The van der Waals surface area contributed by atoms with Gasteiger partial charge in [0.2, 0.25) is 0 Å². The highest BCUT2D eigenvalue weighted by atomic mass is 16.5. The Hall–Kier alpha value is -2.22. The van der Waals surface area contributed by atoms with E-state index >= 15 is 0 Å². The molecule has 0 unspecified atom stereocenters. The van der Waals surface area contributed by atoms with E-state index in [1.807, 2.05) is 0 Å². The molecule has 0 bridgehead atoms. The van der Waals surface area contributed by atoms with Gasteiger partial charge in [-0.1, -0.05) is 0 Å². The third-order valence-corrected chi connectivity index (χ3v) is 2.49. The molecule has 1 amide bonds. The van der Waals surface area contributed by atoms with Crippen molar-refractivity contribution in [1.82, 2.24) is 15.1 Å². The molecular formula is C12H18N4O4. The van der Waals surface area contributed by atoms with Crippen molar-refractivity contribution in [3.63, 3.8) is 0 Å². The number of anilines is 1. The van der Waals surface area contributed by atoms with Crippen LogP contribution in [0.4, 0.5) is 5.82 Å². The van der Waals surface area contributed by atoms with Crippen molar-refractivity contribution >= 4 is 17.7 Å². The maximum Gasteiger partial charge on any atom is 0.323 e. The molecule has 0 spiro atoms. The standard InChI is InChI=1S/C12H18N4O4/c1-15(2)12(19)9-4-5-10(14-13-9)16(6-7-20-3)8-11(17)18/h4-5H,6-8H2,1-3H3,(H,17,18). The van der Waals surface area contributed by atoms with Gasteiger partial charge in [-0.2, -0.15) is 0 Å². The number of hydrogen-bond acceptors (Lipinski definition) is 6. The summed E-state index contributed by atoms with van der Waals surface area (Å²) in [5.74, 6) is -0.846. The fraction of sp³-hybridized carbons (Fsp3) is 0.500. The Kier molecular flexibility index (Phi) is 5.85. The van der Waals surface area contributed by atoms with Crippen LogP contribution in [-0.2, 0) is 9.53 Å². The Morgan fingerprint density at radius 1 is 1.30 bits per heavy atom. The minimum atomic E-state index is -0.976. The fourth-order valence-corrected chi connectivity index (χ4v) is 1.48. The lowest BCUT2D eigenvalue weighted by molar-refractivity contribution is -0.135. The first-order chi connectivity index (χ1) is 9.45. The number of carbonyl (C=O) groups is 2. The monoisotopic (exact) mass is 282 g/mol. The van der Waals surface area contributed by atoms with Gasteiger partial charge < -0.3 is 19.6 Å². The van der Waals surface area contributed by atoms with Crippen molar-refractivity contribution in [2.45, 2.75) is 0 Å². The van der Waals surface area contributed by atoms with E-state index in [4.69, 9.17) is 9.84 Å². The summed E-state index contributed by atoms with van der Waals surface area (Å²) >= 11 is 0. The summed E-state index contributed by atoms with van der Waals surface area (Å²) < 4.78 is 4.93. The lowest BCUT2D eigenvalue weighted by atomic mass is 10.3. The Morgan fingerprint density at radius 3 is 2.45 bits per heavy atom. The third kappa shape index (κ3) is 4.47. The Labute approximate surface area is 117 Å². The summed E-state index contributed by atoms with van der Waals surface area (Å²) in [6.45, 7) is 0.533. The molecule has 0 atom stereocenters. The van der Waals surface area contributed by atoms with Crippen LogP contribution < -0.4 is 4.90 Å². The van der Waals surface area contributed by atoms with Gasteiger partial charge in [-0.15, -0.1) is 10.2 Å². The predicted molar refractivity (Wildman–Crippen MR) is 71.8 cm³/mol. The second kappa shape index (κ2) is 7.39. The van der Waals surface area contributed by atoms with Gasteiger partial charge in [-0.3, -0.25) is 9.59 Å². The predicted octanol–water partition coefficient (Wildman–Crippen LogP) is -0.284. The normalized spacial score (nSPS) is 10.2. The number of rotatable bonds is 7. The Balaban J connectivity index is 2.86. The minimum absolute atomic E-state index is 0.209. The molecule has 1 N–H and O–H groups in total. The smallest absolute Gasteiger partial charge is 0.323 e. The molecule has 1 rings (SSSR count). The molecular weight excluding hydrogens is 264 g/mol. The van der Waals surface area contributed by atoms with E-state index in [1.54, 1.807) is 20.2 Å². The van der Waals surface area contributed by atoms with E-state index in [2.05, 4.69) is 10.2 Å². The van der Waals surface area contributed by atoms with E-state index in [0.29, 0.717) is 19.0 Å². The molecule has 0 radical (unpaired) electrons. The third-order valence-electron chi connectivity index (χ3n) is 2.49. The number of ether oxygens (including phenoxy) is 1. The number of carbonyl (C=O) groups excluding carboxylic acids is 1. The molecule has 8 nitrogen and oxygen atoms in total. The SMILES string of the molecule is COCCN(CC(=O)O)c1ccc(C(=O)N(C)C)nn1. The summed E-state index contributed by atoms with van der Waals surface area (Å²) in [6, 6.07) is 3.09. The second-order valence-electron chi connectivity index (χ2n) is 4.28. The molecule has 0 aliphatic heterocycles. The highest BCUT2D eigenvalue weighted by Gasteiger charge is 2.15. The minimum Gasteiger partial charge on any atom is -0.480 e. The summed E-state index contributed by atoms with van der Waals surface area (Å²) in [6.07, 6.45) is 0. The van der Waals surface area contributed by atoms with Gasteiger partial charge in [0.1, 0.15) is 6.54 Å². The van der Waals surface area contributed by atoms with Gasteiger partial charge in [0, 0.05) is 27.7 Å². The van der Waals surface area contributed by atoms with Gasteiger partial charge in [0.25, 0.3) is 5.91 Å². The summed E-state index contributed by atoms with van der Waals surface area (Å²) in [7, 11) is 4.77. The van der Waals surface area contributed by atoms with Crippen molar-refractivity contribution in [3.05, 3.63) is 17.8 Å². The lowest BCUT2D eigenvalue weighted by Crippen LogP contribution is -2.33. The van der Waals surface area contributed by atoms with E-state index in [9.17, 15) is 9.59 Å². The van der Waals surface area contributed by atoms with E-state index in [-0.39, 0.29) is 18.1 Å². The molecule has 110 valence electrons. The number of hydrogen-bond donors (Lipinski definition) is 1. The number of nitrogens with zero attached hydrogens (tertiary/aromatic N) is 4. The maximum atomic E-state index is 11.7. The highest BCUT2D eigenvalue weighted by Crippen LogP contribution is 2.10. The molecule has 0 aliphatic rings. The Bertz CT molecular complexity index is 461. The first kappa shape index (κ1) is 15.8. The number of aromatic nitrogens is 2. The molecule has 20 heavy (non-hydrogen) atoms. The number of methoxy groups -OCH3 is 1. The number of carboxylic acid groups (broad SMARTS) is 1. The van der Waals surface area contributed by atoms with Crippen LogP contribution in [0.25, 0.3) is 0 Å². The zero-order valence-electron chi connectivity index (χ0n) is 11.7. The van der Waals surface area contributed by atoms with Crippen LogP contribution >= 0.6 is 0 Å². The van der Waals surface area contributed by atoms with Gasteiger partial charge >= 0.3 is 5.97 Å². The quantitative estimate of drug-likeness (QED) is 0.734. The highest BCUT2D eigenvalue weighted by molar-refractivity contribution is 5.91. The van der Waals surface area contributed by atoms with Crippen LogP contribution in [0.1, 0.15) is 10.5 Å². The van der Waals surface area contributed by atoms with Crippen molar-refractivity contribution in [2.24, 2.45) is 0 Å². The molecule has 8 heteroatoms. The van der Waals surface area contributed by atoms with E-state index in [1.165, 1.54) is 23.0 Å². The maximum absolute atomic E-state index is 11.7. The number of carboxylic acids is 1. The average molecular weight is 282 g/mol. The zero-order valence-corrected chi connectivity index (χ0v) is 11.7. The summed E-state index contributed by atoms with van der Waals surface area (Å²) in [5.41, 5.74) is 0.209. The average Bonchev–Trinajstić information content (AvgIpc) is 2.42. The fourth-order valence-electron chi connectivity index (χ4n) is 1.48. The molecule has 0 saturated carbocycles. The van der Waals surface area contributed by atoms with E-state index in [0.717, 1.165) is 0 Å². The molecule has 0 aromatic carbocycles. The number of aliphatic carboxylic acids is 1. The molecule has 1 heterocycles. The van der Waals surface area contributed by atoms with Gasteiger partial charge in [0.15, 0.2) is 11.5 Å². The van der Waals surface area contributed by atoms with Crippen molar-refractivity contribution < 1.29 is 19.4 Å². The molecule has 0 aliphatic carbocycles. The topological polar surface area (TPSA) is 95.9 Å². The second-order valence-corrected chi connectivity index (χ2v) is 4.28. The van der Waals surface area contributed by atoms with Crippen LogP contribution in [0.3, 0.4) is 0 Å². The molecule has 0 saturated heterocycles. The van der Waals surface area contributed by atoms with Crippen molar-refractivity contribution in [2.75, 3.05) is 45.8 Å². The number of amides is 1. The zero-order chi connectivity index (χ0) is 15.1. The van der Waals surface area contributed by atoms with Crippen LogP contribution in [0.15, 0.2) is 12.1 Å². The van der Waals surface area contributed by atoms with Gasteiger partial charge in [-0.05, 0) is 12.1 Å². The van der Waals surface area contributed by atoms with Gasteiger partial charge in [-0.25, -0.2) is 0 Å². The van der Waals surface area contributed by atoms with Crippen molar-refractivity contribution in [1.29, 1.82) is 0 Å². The largest absolute Gasteiger partial charge is 0.480 e. The van der Waals surface area contributed by atoms with Crippen LogP contribution in [0.2, 0.25) is 0 Å². The van der Waals surface area contributed by atoms with Crippen LogP contribution in [-0.4, -0.2) is 73.0 Å². The lowest BCUT2D eigenvalue weighted by Gasteiger charge is -2.20. The summed E-state index contributed by atoms with van der Waals surface area (Å²) in [5, 5.41) is 16.6. The van der Waals surface area contributed by atoms with Gasteiger partial charge in [0.05, 0.1) is 6.61 Å². The first-order valence-electron chi connectivity index (χ1n) is 5.96. The molecule has 0 fully saturated rings. The Morgan fingerprint density at radius 2 is 2.00 bits per heavy atom. The van der Waals surface area contributed by atoms with Crippen LogP contribution in [0, 0.1) is 0 Å². The first-order valence-corrected chi connectivity index (χ1v) is 5.96.